The second-order valence-electron chi connectivity index (χ2n) is 2.96. The smallest absolute Gasteiger partial charge is 0.250 e. The van der Waals surface area contributed by atoms with Gasteiger partial charge in [-0.1, -0.05) is 0 Å². The van der Waals surface area contributed by atoms with Gasteiger partial charge in [-0.2, -0.15) is 5.10 Å². The van der Waals surface area contributed by atoms with Crippen LogP contribution >= 0.6 is 0 Å². The summed E-state index contributed by atoms with van der Waals surface area (Å²) >= 11 is 0. The van der Waals surface area contributed by atoms with E-state index in [1.54, 1.807) is 16.9 Å². The molecule has 5 heteroatoms. The Morgan fingerprint density at radius 1 is 1.57 bits per heavy atom. The average Bonchev–Trinajstić information content (AvgIpc) is 2.59. The van der Waals surface area contributed by atoms with Crippen LogP contribution in [-0.4, -0.2) is 20.7 Å². The minimum absolute atomic E-state index is 0.410. The van der Waals surface area contributed by atoms with Crippen LogP contribution in [0.25, 0.3) is 11.0 Å². The van der Waals surface area contributed by atoms with E-state index >= 15 is 0 Å². The van der Waals surface area contributed by atoms with Gasteiger partial charge >= 0.3 is 0 Å². The zero-order valence-corrected chi connectivity index (χ0v) is 7.77. The van der Waals surface area contributed by atoms with Crippen molar-refractivity contribution >= 4 is 16.9 Å². The van der Waals surface area contributed by atoms with Crippen molar-refractivity contribution in [1.29, 1.82) is 0 Å². The van der Waals surface area contributed by atoms with Gasteiger partial charge in [0.05, 0.1) is 11.8 Å². The quantitative estimate of drug-likeness (QED) is 0.751. The molecule has 2 aromatic heterocycles. The minimum atomic E-state index is -0.469. The van der Waals surface area contributed by atoms with Gasteiger partial charge in [0, 0.05) is 18.1 Å². The van der Waals surface area contributed by atoms with E-state index in [2.05, 4.69) is 10.1 Å². The molecule has 2 N–H and O–H groups in total. The molecule has 0 saturated carbocycles. The summed E-state index contributed by atoms with van der Waals surface area (Å²) in [6, 6.07) is 1.70. The Morgan fingerprint density at radius 3 is 3.00 bits per heavy atom. The van der Waals surface area contributed by atoms with Crippen LogP contribution < -0.4 is 5.73 Å². The second-order valence-corrected chi connectivity index (χ2v) is 2.96. The van der Waals surface area contributed by atoms with Gasteiger partial charge < -0.3 is 5.73 Å². The number of aromatic nitrogens is 3. The van der Waals surface area contributed by atoms with Crippen molar-refractivity contribution in [3.8, 4) is 0 Å². The molecule has 0 aliphatic rings. The fourth-order valence-corrected chi connectivity index (χ4v) is 1.34. The van der Waals surface area contributed by atoms with Gasteiger partial charge in [0.15, 0.2) is 5.65 Å². The van der Waals surface area contributed by atoms with E-state index in [0.717, 1.165) is 17.6 Å². The number of nitrogens with two attached hydrogens (primary N) is 1. The number of rotatable bonds is 2. The lowest BCUT2D eigenvalue weighted by Gasteiger charge is -1.97. The van der Waals surface area contributed by atoms with E-state index in [4.69, 9.17) is 5.73 Å². The number of carbonyl (C=O) groups excluding carboxylic acids is 1. The first-order chi connectivity index (χ1) is 6.72. The molecule has 72 valence electrons. The topological polar surface area (TPSA) is 73.8 Å². The predicted octanol–water partition coefficient (Wildman–Crippen LogP) is 0.550. The molecule has 0 fully saturated rings. The van der Waals surface area contributed by atoms with E-state index < -0.39 is 5.91 Å². The minimum Gasteiger partial charge on any atom is -0.366 e. The molecule has 2 heterocycles. The van der Waals surface area contributed by atoms with Crippen LogP contribution in [0.1, 0.15) is 17.3 Å². The van der Waals surface area contributed by atoms with Crippen molar-refractivity contribution in [2.45, 2.75) is 13.5 Å². The summed E-state index contributed by atoms with van der Waals surface area (Å²) in [4.78, 5) is 15.0. The number of hydrogen-bond donors (Lipinski definition) is 1. The fraction of sp³-hybridized carbons (Fsp3) is 0.222. The van der Waals surface area contributed by atoms with Crippen molar-refractivity contribution in [3.63, 3.8) is 0 Å². The van der Waals surface area contributed by atoms with Crippen LogP contribution in [0.4, 0.5) is 0 Å². The second kappa shape index (κ2) is 3.10. The van der Waals surface area contributed by atoms with Gasteiger partial charge in [-0.05, 0) is 13.0 Å². The maximum Gasteiger partial charge on any atom is 0.250 e. The first-order valence-electron chi connectivity index (χ1n) is 4.33. The molecule has 0 unspecified atom stereocenters. The Balaban J connectivity index is 2.63. The van der Waals surface area contributed by atoms with Crippen LogP contribution in [0.15, 0.2) is 18.5 Å². The Labute approximate surface area is 80.5 Å². The monoisotopic (exact) mass is 190 g/mol. The third kappa shape index (κ3) is 1.22. The molecule has 0 aliphatic carbocycles. The zero-order chi connectivity index (χ0) is 10.1. The zero-order valence-electron chi connectivity index (χ0n) is 7.77. The Hall–Kier alpha value is -1.91. The predicted molar refractivity (Wildman–Crippen MR) is 51.7 cm³/mol. The molecule has 5 nitrogen and oxygen atoms in total. The Bertz CT molecular complexity index is 489. The number of carbonyl (C=O) groups is 1. The summed E-state index contributed by atoms with van der Waals surface area (Å²) < 4.78 is 1.76. The number of aryl methyl sites for hydroxylation is 1. The lowest BCUT2D eigenvalue weighted by atomic mass is 10.2. The van der Waals surface area contributed by atoms with Crippen molar-refractivity contribution < 1.29 is 4.79 Å². The van der Waals surface area contributed by atoms with Gasteiger partial charge in [0.1, 0.15) is 0 Å². The molecule has 0 bridgehead atoms. The van der Waals surface area contributed by atoms with E-state index in [1.807, 2.05) is 6.92 Å². The number of fused-ring (bicyclic) bond motifs is 1. The molecule has 0 radical (unpaired) electrons. The largest absolute Gasteiger partial charge is 0.366 e. The molecule has 0 spiro atoms. The van der Waals surface area contributed by atoms with Gasteiger partial charge in [0.25, 0.3) is 0 Å². The average molecular weight is 190 g/mol. The summed E-state index contributed by atoms with van der Waals surface area (Å²) in [5.74, 6) is -0.469. The standard InChI is InChI=1S/C9H10N4O/c1-2-13-9-7(5-12-13)3-6(4-11-9)8(10)14/h3-5H,2H2,1H3,(H2,10,14). The third-order valence-corrected chi connectivity index (χ3v) is 2.06. The summed E-state index contributed by atoms with van der Waals surface area (Å²) in [7, 11) is 0. The number of pyridine rings is 1. The van der Waals surface area contributed by atoms with Crippen molar-refractivity contribution in [1.82, 2.24) is 14.8 Å². The number of amides is 1. The van der Waals surface area contributed by atoms with Crippen molar-refractivity contribution in [2.24, 2.45) is 5.73 Å². The Kier molecular flexibility index (Phi) is 1.92. The molecular weight excluding hydrogens is 180 g/mol. The van der Waals surface area contributed by atoms with Gasteiger partial charge in [-0.3, -0.25) is 4.79 Å². The van der Waals surface area contributed by atoms with Crippen LogP contribution in [0.2, 0.25) is 0 Å². The summed E-state index contributed by atoms with van der Waals surface area (Å²) in [5.41, 5.74) is 6.32. The highest BCUT2D eigenvalue weighted by Crippen LogP contribution is 2.12. The molecule has 0 saturated heterocycles. The highest BCUT2D eigenvalue weighted by molar-refractivity contribution is 5.95. The number of hydrogen-bond acceptors (Lipinski definition) is 3. The van der Waals surface area contributed by atoms with Crippen LogP contribution in [0.3, 0.4) is 0 Å². The van der Waals surface area contributed by atoms with E-state index in [0.29, 0.717) is 5.56 Å². The SMILES string of the molecule is CCn1ncc2cc(C(N)=O)cnc21. The Morgan fingerprint density at radius 2 is 2.36 bits per heavy atom. The lowest BCUT2D eigenvalue weighted by molar-refractivity contribution is 0.1000. The number of nitrogens with zero attached hydrogens (tertiary/aromatic N) is 3. The summed E-state index contributed by atoms with van der Waals surface area (Å²) in [6.45, 7) is 2.74. The summed E-state index contributed by atoms with van der Waals surface area (Å²) in [5, 5.41) is 4.95. The molecular formula is C9H10N4O. The number of primary amides is 1. The molecule has 2 aromatic rings. The molecule has 1 amide bonds. The molecule has 0 atom stereocenters. The summed E-state index contributed by atoms with van der Waals surface area (Å²) in [6.07, 6.45) is 3.15. The van der Waals surface area contributed by atoms with Crippen molar-refractivity contribution in [3.05, 3.63) is 24.0 Å². The van der Waals surface area contributed by atoms with Crippen LogP contribution in [0.5, 0.6) is 0 Å². The maximum absolute atomic E-state index is 10.9. The van der Waals surface area contributed by atoms with Gasteiger partial charge in [0.2, 0.25) is 5.91 Å². The van der Waals surface area contributed by atoms with Crippen LogP contribution in [0, 0.1) is 0 Å². The normalized spacial score (nSPS) is 10.6. The maximum atomic E-state index is 10.9. The van der Waals surface area contributed by atoms with E-state index in [-0.39, 0.29) is 0 Å². The van der Waals surface area contributed by atoms with Gasteiger partial charge in [-0.25, -0.2) is 9.67 Å². The highest BCUT2D eigenvalue weighted by Gasteiger charge is 2.06. The highest BCUT2D eigenvalue weighted by atomic mass is 16.1. The third-order valence-electron chi connectivity index (χ3n) is 2.06. The van der Waals surface area contributed by atoms with E-state index in [1.165, 1.54) is 6.20 Å². The fourth-order valence-electron chi connectivity index (χ4n) is 1.34. The van der Waals surface area contributed by atoms with Crippen LogP contribution in [-0.2, 0) is 6.54 Å². The lowest BCUT2D eigenvalue weighted by Crippen LogP contribution is -2.11. The molecule has 2 rings (SSSR count). The first kappa shape index (κ1) is 8.68. The molecule has 0 aromatic carbocycles. The van der Waals surface area contributed by atoms with Gasteiger partial charge in [-0.15, -0.1) is 0 Å². The van der Waals surface area contributed by atoms with Crippen molar-refractivity contribution in [2.75, 3.05) is 0 Å². The molecule has 0 aliphatic heterocycles. The van der Waals surface area contributed by atoms with E-state index in [9.17, 15) is 4.79 Å². The first-order valence-corrected chi connectivity index (χ1v) is 4.33. The molecule has 14 heavy (non-hydrogen) atoms.